The number of aromatic nitrogens is 1. The van der Waals surface area contributed by atoms with E-state index >= 15 is 0 Å². The SMILES string of the molecule is CC(C)C1CCN(C(=O)c2ccc(NN)cn2)CC1. The number of hydrazine groups is 1. The average Bonchev–Trinajstić information content (AvgIpc) is 2.46. The minimum atomic E-state index is 0.0192. The number of nitrogens with one attached hydrogen (secondary N) is 1. The molecule has 2 heterocycles. The zero-order valence-electron chi connectivity index (χ0n) is 11.6. The number of nitrogens with two attached hydrogens (primary N) is 1. The lowest BCUT2D eigenvalue weighted by atomic mass is 9.86. The molecule has 0 saturated carbocycles. The maximum Gasteiger partial charge on any atom is 0.272 e. The Morgan fingerprint density at radius 2 is 2.11 bits per heavy atom. The third-order valence-electron chi connectivity index (χ3n) is 3.92. The van der Waals surface area contributed by atoms with Crippen molar-refractivity contribution >= 4 is 11.6 Å². The Bertz CT molecular complexity index is 422. The standard InChI is InChI=1S/C14H22N4O/c1-10(2)11-5-7-18(8-6-11)14(19)13-4-3-12(17-15)9-16-13/h3-4,9-11,17H,5-8,15H2,1-2H3. The van der Waals surface area contributed by atoms with E-state index in [1.165, 1.54) is 0 Å². The van der Waals surface area contributed by atoms with Gasteiger partial charge in [-0.2, -0.15) is 0 Å². The lowest BCUT2D eigenvalue weighted by molar-refractivity contribution is 0.0662. The number of piperidine rings is 1. The fraction of sp³-hybridized carbons (Fsp3) is 0.571. The Labute approximate surface area is 114 Å². The molecular formula is C14H22N4O. The normalized spacial score (nSPS) is 16.7. The van der Waals surface area contributed by atoms with Crippen LogP contribution in [0.4, 0.5) is 5.69 Å². The van der Waals surface area contributed by atoms with Crippen LogP contribution in [0, 0.1) is 11.8 Å². The van der Waals surface area contributed by atoms with E-state index < -0.39 is 0 Å². The zero-order valence-corrected chi connectivity index (χ0v) is 11.6. The second-order valence-electron chi connectivity index (χ2n) is 5.45. The van der Waals surface area contributed by atoms with Crippen LogP contribution in [-0.2, 0) is 0 Å². The Balaban J connectivity index is 1.97. The molecule has 0 aromatic carbocycles. The maximum atomic E-state index is 12.3. The Morgan fingerprint density at radius 3 is 2.58 bits per heavy atom. The van der Waals surface area contributed by atoms with Gasteiger partial charge in [0.05, 0.1) is 11.9 Å². The summed E-state index contributed by atoms with van der Waals surface area (Å²) in [5.41, 5.74) is 3.70. The molecule has 5 nitrogen and oxygen atoms in total. The van der Waals surface area contributed by atoms with Gasteiger partial charge in [0.1, 0.15) is 5.69 Å². The van der Waals surface area contributed by atoms with Gasteiger partial charge >= 0.3 is 0 Å². The van der Waals surface area contributed by atoms with Gasteiger partial charge in [0.25, 0.3) is 5.91 Å². The number of nitrogens with zero attached hydrogens (tertiary/aromatic N) is 2. The lowest BCUT2D eigenvalue weighted by Crippen LogP contribution is -2.39. The molecule has 0 spiro atoms. The first-order valence-corrected chi connectivity index (χ1v) is 6.83. The van der Waals surface area contributed by atoms with Crippen molar-refractivity contribution in [2.45, 2.75) is 26.7 Å². The van der Waals surface area contributed by atoms with Crippen LogP contribution in [0.15, 0.2) is 18.3 Å². The van der Waals surface area contributed by atoms with Crippen molar-refractivity contribution < 1.29 is 4.79 Å². The Morgan fingerprint density at radius 1 is 1.42 bits per heavy atom. The molecule has 2 rings (SSSR count). The van der Waals surface area contributed by atoms with Gasteiger partial charge in [-0.3, -0.25) is 10.6 Å². The minimum absolute atomic E-state index is 0.0192. The molecule has 1 aromatic heterocycles. The average molecular weight is 262 g/mol. The van der Waals surface area contributed by atoms with Gasteiger partial charge in [0, 0.05) is 13.1 Å². The summed E-state index contributed by atoms with van der Waals surface area (Å²) in [6, 6.07) is 3.48. The van der Waals surface area contributed by atoms with E-state index in [9.17, 15) is 4.79 Å². The second-order valence-corrected chi connectivity index (χ2v) is 5.45. The number of rotatable bonds is 3. The van der Waals surface area contributed by atoms with Crippen LogP contribution in [0.1, 0.15) is 37.2 Å². The predicted octanol–water partition coefficient (Wildman–Crippen LogP) is 1.88. The number of pyridine rings is 1. The van der Waals surface area contributed by atoms with Crippen LogP contribution in [-0.4, -0.2) is 28.9 Å². The molecule has 104 valence electrons. The van der Waals surface area contributed by atoms with Gasteiger partial charge in [-0.25, -0.2) is 4.98 Å². The molecule has 1 aliphatic rings. The monoisotopic (exact) mass is 262 g/mol. The highest BCUT2D eigenvalue weighted by molar-refractivity contribution is 5.92. The third kappa shape index (κ3) is 3.23. The fourth-order valence-electron chi connectivity index (χ4n) is 2.54. The molecule has 0 atom stereocenters. The Kier molecular flexibility index (Phi) is 4.37. The highest BCUT2D eigenvalue weighted by atomic mass is 16.2. The number of anilines is 1. The van der Waals surface area contributed by atoms with Crippen LogP contribution in [0.25, 0.3) is 0 Å². The van der Waals surface area contributed by atoms with Crippen molar-refractivity contribution in [2.75, 3.05) is 18.5 Å². The third-order valence-corrected chi connectivity index (χ3v) is 3.92. The maximum absolute atomic E-state index is 12.3. The van der Waals surface area contributed by atoms with Crippen molar-refractivity contribution in [2.24, 2.45) is 17.7 Å². The van der Waals surface area contributed by atoms with Crippen LogP contribution in [0.2, 0.25) is 0 Å². The number of nitrogen functional groups attached to an aromatic ring is 1. The number of hydrogen-bond donors (Lipinski definition) is 2. The molecule has 1 aliphatic heterocycles. The summed E-state index contributed by atoms with van der Waals surface area (Å²) in [5.74, 6) is 6.73. The highest BCUT2D eigenvalue weighted by Crippen LogP contribution is 2.25. The minimum Gasteiger partial charge on any atom is -0.337 e. The highest BCUT2D eigenvalue weighted by Gasteiger charge is 2.25. The summed E-state index contributed by atoms with van der Waals surface area (Å²) in [6.45, 7) is 6.17. The fourth-order valence-corrected chi connectivity index (χ4v) is 2.54. The van der Waals surface area contributed by atoms with Crippen molar-refractivity contribution in [3.8, 4) is 0 Å². The summed E-state index contributed by atoms with van der Waals surface area (Å²) in [5, 5.41) is 0. The second kappa shape index (κ2) is 6.02. The first-order valence-electron chi connectivity index (χ1n) is 6.83. The number of likely N-dealkylation sites (tertiary alicyclic amines) is 1. The zero-order chi connectivity index (χ0) is 13.8. The van der Waals surface area contributed by atoms with E-state index in [0.29, 0.717) is 17.3 Å². The largest absolute Gasteiger partial charge is 0.337 e. The van der Waals surface area contributed by atoms with Gasteiger partial charge in [0.2, 0.25) is 0 Å². The summed E-state index contributed by atoms with van der Waals surface area (Å²) >= 11 is 0. The quantitative estimate of drug-likeness (QED) is 0.644. The van der Waals surface area contributed by atoms with Crippen molar-refractivity contribution in [3.63, 3.8) is 0 Å². The van der Waals surface area contributed by atoms with Crippen LogP contribution < -0.4 is 11.3 Å². The first-order chi connectivity index (χ1) is 9.11. The summed E-state index contributed by atoms with van der Waals surface area (Å²) in [4.78, 5) is 18.3. The first kappa shape index (κ1) is 13.8. The van der Waals surface area contributed by atoms with Crippen LogP contribution >= 0.6 is 0 Å². The molecule has 1 aromatic rings. The lowest BCUT2D eigenvalue weighted by Gasteiger charge is -2.33. The molecule has 0 bridgehead atoms. The Hall–Kier alpha value is -1.62. The molecule has 0 radical (unpaired) electrons. The molecule has 1 amide bonds. The van der Waals surface area contributed by atoms with E-state index in [1.807, 2.05) is 4.90 Å². The van der Waals surface area contributed by atoms with Crippen molar-refractivity contribution in [1.29, 1.82) is 0 Å². The van der Waals surface area contributed by atoms with Crippen LogP contribution in [0.3, 0.4) is 0 Å². The van der Waals surface area contributed by atoms with Crippen molar-refractivity contribution in [1.82, 2.24) is 9.88 Å². The predicted molar refractivity (Wildman–Crippen MR) is 75.5 cm³/mol. The van der Waals surface area contributed by atoms with E-state index in [-0.39, 0.29) is 5.91 Å². The molecule has 5 heteroatoms. The molecule has 1 saturated heterocycles. The van der Waals surface area contributed by atoms with Gasteiger partial charge in [-0.05, 0) is 36.8 Å². The molecule has 0 aliphatic carbocycles. The van der Waals surface area contributed by atoms with Gasteiger partial charge < -0.3 is 10.3 Å². The van der Waals surface area contributed by atoms with Gasteiger partial charge in [-0.15, -0.1) is 0 Å². The van der Waals surface area contributed by atoms with E-state index in [4.69, 9.17) is 5.84 Å². The summed E-state index contributed by atoms with van der Waals surface area (Å²) in [6.07, 6.45) is 3.76. The smallest absolute Gasteiger partial charge is 0.272 e. The molecule has 1 fully saturated rings. The van der Waals surface area contributed by atoms with E-state index in [2.05, 4.69) is 24.3 Å². The number of carbonyl (C=O) groups is 1. The summed E-state index contributed by atoms with van der Waals surface area (Å²) in [7, 11) is 0. The molecular weight excluding hydrogens is 240 g/mol. The van der Waals surface area contributed by atoms with Crippen molar-refractivity contribution in [3.05, 3.63) is 24.0 Å². The number of carbonyl (C=O) groups excluding carboxylic acids is 1. The van der Waals surface area contributed by atoms with Gasteiger partial charge in [-0.1, -0.05) is 13.8 Å². The molecule has 19 heavy (non-hydrogen) atoms. The molecule has 3 N–H and O–H groups in total. The van der Waals surface area contributed by atoms with E-state index in [0.717, 1.165) is 31.8 Å². The number of amides is 1. The topological polar surface area (TPSA) is 71.2 Å². The molecule has 0 unspecified atom stereocenters. The van der Waals surface area contributed by atoms with Crippen LogP contribution in [0.5, 0.6) is 0 Å². The van der Waals surface area contributed by atoms with E-state index in [1.54, 1.807) is 18.3 Å². The van der Waals surface area contributed by atoms with Gasteiger partial charge in [0.15, 0.2) is 0 Å². The number of hydrogen-bond acceptors (Lipinski definition) is 4. The summed E-state index contributed by atoms with van der Waals surface area (Å²) < 4.78 is 0.